The lowest BCUT2D eigenvalue weighted by molar-refractivity contribution is 0.586. The predicted octanol–water partition coefficient (Wildman–Crippen LogP) is 4.41. The summed E-state index contributed by atoms with van der Waals surface area (Å²) in [6, 6.07) is 13.1. The van der Waals surface area contributed by atoms with Crippen LogP contribution in [-0.4, -0.2) is 64.6 Å². The quantitative estimate of drug-likeness (QED) is 0.189. The van der Waals surface area contributed by atoms with E-state index in [4.69, 9.17) is 4.98 Å². The Balaban J connectivity index is 0.00000198. The van der Waals surface area contributed by atoms with Gasteiger partial charge in [-0.05, 0) is 17.7 Å². The molecule has 13 heteroatoms. The lowest BCUT2D eigenvalue weighted by atomic mass is 10.1. The first-order chi connectivity index (χ1) is 20.5. The van der Waals surface area contributed by atoms with E-state index in [-0.39, 0.29) is 12.4 Å². The zero-order chi connectivity index (χ0) is 29.9. The molecule has 1 unspecified atom stereocenters. The van der Waals surface area contributed by atoms with Crippen LogP contribution >= 0.6 is 11.3 Å². The second-order valence-corrected chi connectivity index (χ2v) is 11.8. The molecular formula is C29H36FN9OS2. The fraction of sp³-hybridized carbons (Fsp3) is 0.345. The largest absolute Gasteiger partial charge is 0.362 e. The van der Waals surface area contributed by atoms with Gasteiger partial charge in [-0.15, -0.1) is 0 Å². The Morgan fingerprint density at radius 3 is 2.55 bits per heavy atom. The zero-order valence-corrected chi connectivity index (χ0v) is 25.9. The van der Waals surface area contributed by atoms with Crippen molar-refractivity contribution >= 4 is 38.7 Å². The van der Waals surface area contributed by atoms with E-state index in [9.17, 15) is 8.60 Å². The maximum absolute atomic E-state index is 13.9. The summed E-state index contributed by atoms with van der Waals surface area (Å²) < 4.78 is 30.5. The molecular weight excluding hydrogens is 574 g/mol. The second kappa shape index (κ2) is 15.5. The molecule has 1 aromatic carbocycles. The van der Waals surface area contributed by atoms with Gasteiger partial charge in [0.15, 0.2) is 5.82 Å². The Bertz CT molecular complexity index is 1590. The lowest BCUT2D eigenvalue weighted by Crippen LogP contribution is -2.27. The van der Waals surface area contributed by atoms with Gasteiger partial charge in [0, 0.05) is 58.8 Å². The van der Waals surface area contributed by atoms with E-state index in [1.807, 2.05) is 42.2 Å². The van der Waals surface area contributed by atoms with E-state index < -0.39 is 11.2 Å². The van der Waals surface area contributed by atoms with Crippen LogP contribution in [0.4, 0.5) is 10.2 Å². The van der Waals surface area contributed by atoms with Gasteiger partial charge in [0.25, 0.3) is 0 Å². The molecule has 0 aliphatic carbocycles. The SMILES string of the molecule is CC.CN(C)S(=O)n1c(Cc2ccccc2)cnc1CCNCCc1nc2c(NCc3ncccc3F)ncnc2s1. The summed E-state index contributed by atoms with van der Waals surface area (Å²) in [5.41, 5.74) is 3.04. The summed E-state index contributed by atoms with van der Waals surface area (Å²) in [6.45, 7) is 5.59. The van der Waals surface area contributed by atoms with Crippen LogP contribution in [0, 0.1) is 5.82 Å². The molecule has 0 saturated carbocycles. The highest BCUT2D eigenvalue weighted by Gasteiger charge is 2.18. The van der Waals surface area contributed by atoms with E-state index in [1.54, 1.807) is 30.7 Å². The van der Waals surface area contributed by atoms with Crippen LogP contribution in [-0.2, 0) is 37.0 Å². The molecule has 0 spiro atoms. The summed E-state index contributed by atoms with van der Waals surface area (Å²) in [4.78, 5) is 22.8. The van der Waals surface area contributed by atoms with Crippen LogP contribution in [0.1, 0.15) is 41.6 Å². The highest BCUT2D eigenvalue weighted by atomic mass is 32.2. The van der Waals surface area contributed by atoms with Gasteiger partial charge in [-0.3, -0.25) is 4.98 Å². The van der Waals surface area contributed by atoms with Crippen molar-refractivity contribution in [3.63, 3.8) is 0 Å². The number of anilines is 1. The molecule has 42 heavy (non-hydrogen) atoms. The third kappa shape index (κ3) is 8.00. The van der Waals surface area contributed by atoms with Crippen LogP contribution in [0.2, 0.25) is 0 Å². The molecule has 0 saturated heterocycles. The number of hydrogen-bond acceptors (Lipinski definition) is 9. The molecule has 1 atom stereocenters. The molecule has 0 radical (unpaired) electrons. The average molecular weight is 610 g/mol. The molecule has 0 aliphatic heterocycles. The van der Waals surface area contributed by atoms with E-state index in [0.29, 0.717) is 49.4 Å². The highest BCUT2D eigenvalue weighted by Crippen LogP contribution is 2.25. The molecule has 4 heterocycles. The highest BCUT2D eigenvalue weighted by molar-refractivity contribution is 7.81. The average Bonchev–Trinajstić information content (AvgIpc) is 3.61. The number of fused-ring (bicyclic) bond motifs is 1. The number of hydrogen-bond donors (Lipinski definition) is 2. The minimum atomic E-state index is -1.36. The Kier molecular flexibility index (Phi) is 11.6. The first-order valence-corrected chi connectivity index (χ1v) is 15.7. The molecule has 0 fully saturated rings. The van der Waals surface area contributed by atoms with Gasteiger partial charge in [0.05, 0.1) is 22.9 Å². The normalized spacial score (nSPS) is 11.9. The van der Waals surface area contributed by atoms with Crippen LogP contribution in [0.3, 0.4) is 0 Å². The van der Waals surface area contributed by atoms with Crippen LogP contribution in [0.15, 0.2) is 61.2 Å². The predicted molar refractivity (Wildman–Crippen MR) is 167 cm³/mol. The van der Waals surface area contributed by atoms with Gasteiger partial charge in [-0.2, -0.15) is 0 Å². The number of nitrogens with zero attached hydrogens (tertiary/aromatic N) is 7. The fourth-order valence-corrected chi connectivity index (χ4v) is 5.99. The molecule has 5 aromatic rings. The van der Waals surface area contributed by atoms with E-state index in [2.05, 4.69) is 42.7 Å². The second-order valence-electron chi connectivity index (χ2n) is 9.18. The van der Waals surface area contributed by atoms with E-state index >= 15 is 0 Å². The first-order valence-electron chi connectivity index (χ1n) is 13.8. The zero-order valence-electron chi connectivity index (χ0n) is 24.2. The Morgan fingerprint density at radius 2 is 1.79 bits per heavy atom. The maximum Gasteiger partial charge on any atom is 0.204 e. The lowest BCUT2D eigenvalue weighted by Gasteiger charge is -2.15. The van der Waals surface area contributed by atoms with Crippen molar-refractivity contribution in [2.45, 2.75) is 39.7 Å². The van der Waals surface area contributed by atoms with Crippen molar-refractivity contribution in [1.29, 1.82) is 0 Å². The minimum Gasteiger partial charge on any atom is -0.362 e. The van der Waals surface area contributed by atoms with Gasteiger partial charge >= 0.3 is 0 Å². The molecule has 5 rings (SSSR count). The van der Waals surface area contributed by atoms with E-state index in [0.717, 1.165) is 26.9 Å². The van der Waals surface area contributed by atoms with Crippen molar-refractivity contribution in [2.24, 2.45) is 0 Å². The standard InChI is InChI=1S/C27H30FN9OS2.C2H6/c1-36(2)40(38)37-20(15-19-7-4-3-5-8-19)16-31-23(37)10-13-29-14-11-24-35-25-26(33-18-34-27(25)39-24)32-17-22-21(28)9-6-12-30-22;1-2/h3-9,12,16,18,29H,10-11,13-15,17H2,1-2H3,(H,32,33,34);1-2H3. The summed E-state index contributed by atoms with van der Waals surface area (Å²) in [5.74, 6) is 0.964. The van der Waals surface area contributed by atoms with Crippen LogP contribution < -0.4 is 10.6 Å². The van der Waals surface area contributed by atoms with Gasteiger partial charge in [-0.25, -0.2) is 36.8 Å². The third-order valence-corrected chi connectivity index (χ3v) is 8.50. The Hall–Kier alpha value is -3.65. The smallest absolute Gasteiger partial charge is 0.204 e. The fourth-order valence-electron chi connectivity index (χ4n) is 4.13. The van der Waals surface area contributed by atoms with Crippen molar-refractivity contribution < 1.29 is 8.60 Å². The molecule has 0 amide bonds. The number of imidazole rings is 1. The van der Waals surface area contributed by atoms with Gasteiger partial charge in [0.2, 0.25) is 11.2 Å². The summed E-state index contributed by atoms with van der Waals surface area (Å²) >= 11 is 0.154. The number of benzene rings is 1. The van der Waals surface area contributed by atoms with E-state index in [1.165, 1.54) is 23.7 Å². The number of rotatable bonds is 13. The molecule has 0 bridgehead atoms. The number of aromatic nitrogens is 6. The molecule has 2 N–H and O–H groups in total. The number of halogens is 1. The summed E-state index contributed by atoms with van der Waals surface area (Å²) in [6.07, 6.45) is 6.87. The van der Waals surface area contributed by atoms with Gasteiger partial charge < -0.3 is 10.6 Å². The van der Waals surface area contributed by atoms with Crippen molar-refractivity contribution in [1.82, 2.24) is 38.5 Å². The maximum atomic E-state index is 13.9. The summed E-state index contributed by atoms with van der Waals surface area (Å²) in [5, 5.41) is 7.50. The molecule has 10 nitrogen and oxygen atoms in total. The van der Waals surface area contributed by atoms with Crippen LogP contribution in [0.5, 0.6) is 0 Å². The molecule has 4 aromatic heterocycles. The van der Waals surface area contributed by atoms with Gasteiger partial charge in [0.1, 0.15) is 28.3 Å². The summed E-state index contributed by atoms with van der Waals surface area (Å²) in [7, 11) is 3.59. The number of nitrogens with one attached hydrogen (secondary N) is 2. The monoisotopic (exact) mass is 609 g/mol. The molecule has 222 valence electrons. The van der Waals surface area contributed by atoms with Crippen LogP contribution in [0.25, 0.3) is 10.3 Å². The van der Waals surface area contributed by atoms with Crippen molar-refractivity contribution in [3.05, 3.63) is 94.8 Å². The first kappa shape index (κ1) is 31.3. The van der Waals surface area contributed by atoms with Crippen molar-refractivity contribution in [2.75, 3.05) is 32.5 Å². The minimum absolute atomic E-state index is 0.203. The molecule has 0 aliphatic rings. The Morgan fingerprint density at radius 1 is 1.00 bits per heavy atom. The number of pyridine rings is 1. The van der Waals surface area contributed by atoms with Gasteiger partial charge in [-0.1, -0.05) is 55.5 Å². The number of thiazole rings is 1. The topological polar surface area (TPSA) is 114 Å². The van der Waals surface area contributed by atoms with Crippen molar-refractivity contribution in [3.8, 4) is 0 Å². The Labute approximate surface area is 252 Å². The third-order valence-electron chi connectivity index (χ3n) is 6.09.